The molecule has 1 aromatic heterocycles. The van der Waals surface area contributed by atoms with Gasteiger partial charge in [-0.05, 0) is 35.4 Å². The fraction of sp³-hybridized carbons (Fsp3) is 0.292. The molecule has 2 aliphatic rings. The highest BCUT2D eigenvalue weighted by molar-refractivity contribution is 5.91. The van der Waals surface area contributed by atoms with E-state index >= 15 is 0 Å². The minimum Gasteiger partial charge on any atom is -0.455 e. The van der Waals surface area contributed by atoms with Gasteiger partial charge in [-0.15, -0.1) is 0 Å². The maximum absolute atomic E-state index is 11.8. The zero-order valence-electron chi connectivity index (χ0n) is 17.2. The van der Waals surface area contributed by atoms with Gasteiger partial charge in [0.2, 0.25) is 6.79 Å². The van der Waals surface area contributed by atoms with Crippen LogP contribution >= 0.6 is 0 Å². The Kier molecular flexibility index (Phi) is 5.36. The number of carbonyl (C=O) groups is 1. The molecule has 5 rings (SSSR count). The van der Waals surface area contributed by atoms with Gasteiger partial charge < -0.3 is 23.9 Å². The minimum absolute atomic E-state index is 0.0845. The number of morpholine rings is 1. The topological polar surface area (TPSA) is 73.2 Å². The molecule has 1 saturated heterocycles. The van der Waals surface area contributed by atoms with Crippen LogP contribution in [0.5, 0.6) is 11.5 Å². The number of amides is 1. The molecule has 2 aromatic carbocycles. The molecule has 0 radical (unpaired) electrons. The predicted molar refractivity (Wildman–Crippen MR) is 113 cm³/mol. The Morgan fingerprint density at radius 3 is 2.55 bits per heavy atom. The van der Waals surface area contributed by atoms with E-state index in [1.54, 1.807) is 13.1 Å². The second kappa shape index (κ2) is 8.45. The summed E-state index contributed by atoms with van der Waals surface area (Å²) >= 11 is 0. The summed E-state index contributed by atoms with van der Waals surface area (Å²) in [4.78, 5) is 14.1. The summed E-state index contributed by atoms with van der Waals surface area (Å²) in [6.07, 6.45) is -0.222. The molecule has 1 amide bonds. The van der Waals surface area contributed by atoms with Crippen LogP contribution in [0.25, 0.3) is 0 Å². The number of hydrogen-bond donors (Lipinski definition) is 1. The number of hydrogen-bond acceptors (Lipinski definition) is 6. The third-order valence-corrected chi connectivity index (χ3v) is 5.61. The van der Waals surface area contributed by atoms with Gasteiger partial charge in [-0.25, -0.2) is 0 Å². The van der Waals surface area contributed by atoms with Crippen molar-refractivity contribution >= 4 is 5.91 Å². The van der Waals surface area contributed by atoms with Crippen LogP contribution in [0.4, 0.5) is 0 Å². The van der Waals surface area contributed by atoms with E-state index in [4.69, 9.17) is 18.6 Å². The molecule has 7 nitrogen and oxygen atoms in total. The summed E-state index contributed by atoms with van der Waals surface area (Å²) in [5.74, 6) is 2.34. The number of ether oxygens (including phenoxy) is 3. The quantitative estimate of drug-likeness (QED) is 0.679. The van der Waals surface area contributed by atoms with Crippen LogP contribution in [-0.4, -0.2) is 37.7 Å². The summed E-state index contributed by atoms with van der Waals surface area (Å²) in [7, 11) is 1.59. The molecule has 0 bridgehead atoms. The Morgan fingerprint density at radius 2 is 1.74 bits per heavy atom. The van der Waals surface area contributed by atoms with Crippen LogP contribution in [0.3, 0.4) is 0 Å². The second-order valence-corrected chi connectivity index (χ2v) is 7.68. The number of nitrogens with one attached hydrogen (secondary N) is 1. The molecule has 7 heteroatoms. The molecular weight excluding hydrogens is 396 g/mol. The molecule has 3 heterocycles. The van der Waals surface area contributed by atoms with Crippen molar-refractivity contribution in [2.75, 3.05) is 26.9 Å². The summed E-state index contributed by atoms with van der Waals surface area (Å²) in [6.45, 7) is 2.25. The van der Waals surface area contributed by atoms with Gasteiger partial charge in [-0.2, -0.15) is 0 Å². The van der Waals surface area contributed by atoms with Crippen molar-refractivity contribution in [2.24, 2.45) is 0 Å². The van der Waals surface area contributed by atoms with E-state index in [-0.39, 0.29) is 24.9 Å². The van der Waals surface area contributed by atoms with E-state index in [0.29, 0.717) is 18.8 Å². The maximum atomic E-state index is 11.8. The predicted octanol–water partition coefficient (Wildman–Crippen LogP) is 3.68. The summed E-state index contributed by atoms with van der Waals surface area (Å²) in [6, 6.07) is 19.7. The Labute approximate surface area is 180 Å². The SMILES string of the molecule is CNC(=O)c1ccc(CN2C[C@@H](c3ccccc3)O[C@@H](c3ccc4c(c3)OCO4)C2)o1. The fourth-order valence-electron chi connectivity index (χ4n) is 4.03. The van der Waals surface area contributed by atoms with Crippen molar-refractivity contribution in [3.05, 3.63) is 83.3 Å². The Balaban J connectivity index is 1.39. The van der Waals surface area contributed by atoms with Gasteiger partial charge in [-0.1, -0.05) is 36.4 Å². The van der Waals surface area contributed by atoms with Crippen molar-refractivity contribution in [1.29, 1.82) is 0 Å². The number of furan rings is 1. The third-order valence-electron chi connectivity index (χ3n) is 5.61. The van der Waals surface area contributed by atoms with Crippen molar-refractivity contribution in [3.63, 3.8) is 0 Å². The van der Waals surface area contributed by atoms with Gasteiger partial charge in [-0.3, -0.25) is 9.69 Å². The molecule has 0 aliphatic carbocycles. The van der Waals surface area contributed by atoms with E-state index in [1.165, 1.54) is 0 Å². The van der Waals surface area contributed by atoms with E-state index < -0.39 is 0 Å². The van der Waals surface area contributed by atoms with Crippen molar-refractivity contribution in [1.82, 2.24) is 10.2 Å². The van der Waals surface area contributed by atoms with Crippen LogP contribution in [-0.2, 0) is 11.3 Å². The lowest BCUT2D eigenvalue weighted by Gasteiger charge is -2.38. The van der Waals surface area contributed by atoms with Crippen LogP contribution in [0.15, 0.2) is 65.1 Å². The van der Waals surface area contributed by atoms with Gasteiger partial charge in [0.05, 0.1) is 18.8 Å². The molecule has 1 N–H and O–H groups in total. The number of rotatable bonds is 5. The van der Waals surface area contributed by atoms with Crippen LogP contribution < -0.4 is 14.8 Å². The fourth-order valence-corrected chi connectivity index (χ4v) is 4.03. The van der Waals surface area contributed by atoms with E-state index in [1.807, 2.05) is 42.5 Å². The summed E-state index contributed by atoms with van der Waals surface area (Å²) < 4.78 is 23.3. The maximum Gasteiger partial charge on any atom is 0.286 e. The standard InChI is InChI=1S/C24H24N2O5/c1-25-24(27)20-10-8-18(30-20)12-26-13-22(16-5-3-2-4-6-16)31-23(14-26)17-7-9-19-21(11-17)29-15-28-19/h2-11,22-23H,12-15H2,1H3,(H,25,27)/t22-,23+/m0/s1. The molecule has 1 fully saturated rings. The Bertz CT molecular complexity index is 1060. The first kappa shape index (κ1) is 19.7. The summed E-state index contributed by atoms with van der Waals surface area (Å²) in [5.41, 5.74) is 2.17. The van der Waals surface area contributed by atoms with E-state index in [9.17, 15) is 4.79 Å². The molecular formula is C24H24N2O5. The molecule has 3 aromatic rings. The van der Waals surface area contributed by atoms with Crippen LogP contribution in [0.1, 0.15) is 39.6 Å². The van der Waals surface area contributed by atoms with Crippen LogP contribution in [0.2, 0.25) is 0 Å². The smallest absolute Gasteiger partial charge is 0.286 e. The minimum atomic E-state index is -0.228. The molecule has 31 heavy (non-hydrogen) atoms. The molecule has 160 valence electrons. The first-order chi connectivity index (χ1) is 15.2. The van der Waals surface area contributed by atoms with Crippen LogP contribution in [0, 0.1) is 0 Å². The van der Waals surface area contributed by atoms with Gasteiger partial charge in [0.25, 0.3) is 5.91 Å². The van der Waals surface area contributed by atoms with E-state index in [2.05, 4.69) is 22.3 Å². The average molecular weight is 420 g/mol. The van der Waals surface area contributed by atoms with Crippen molar-refractivity contribution in [3.8, 4) is 11.5 Å². The highest BCUT2D eigenvalue weighted by Gasteiger charge is 2.31. The summed E-state index contributed by atoms with van der Waals surface area (Å²) in [5, 5.41) is 2.59. The molecule has 0 saturated carbocycles. The number of nitrogens with zero attached hydrogens (tertiary/aromatic N) is 1. The lowest BCUT2D eigenvalue weighted by Crippen LogP contribution is -2.39. The average Bonchev–Trinajstić information content (AvgIpc) is 3.48. The third kappa shape index (κ3) is 4.15. The Morgan fingerprint density at radius 1 is 0.968 bits per heavy atom. The second-order valence-electron chi connectivity index (χ2n) is 7.68. The normalized spacial score (nSPS) is 20.5. The molecule has 2 aliphatic heterocycles. The van der Waals surface area contributed by atoms with Crippen molar-refractivity contribution < 1.29 is 23.4 Å². The number of carbonyl (C=O) groups excluding carboxylic acids is 1. The highest BCUT2D eigenvalue weighted by atomic mass is 16.7. The first-order valence-corrected chi connectivity index (χ1v) is 10.3. The van der Waals surface area contributed by atoms with Gasteiger partial charge >= 0.3 is 0 Å². The lowest BCUT2D eigenvalue weighted by molar-refractivity contribution is -0.0934. The van der Waals surface area contributed by atoms with Gasteiger partial charge in [0, 0.05) is 20.1 Å². The van der Waals surface area contributed by atoms with E-state index in [0.717, 1.165) is 34.9 Å². The lowest BCUT2D eigenvalue weighted by atomic mass is 10.0. The zero-order valence-corrected chi connectivity index (χ0v) is 17.2. The monoisotopic (exact) mass is 420 g/mol. The number of fused-ring (bicyclic) bond motifs is 1. The Hall–Kier alpha value is -3.29. The van der Waals surface area contributed by atoms with Crippen molar-refractivity contribution in [2.45, 2.75) is 18.8 Å². The largest absolute Gasteiger partial charge is 0.455 e. The highest BCUT2D eigenvalue weighted by Crippen LogP contribution is 2.39. The number of benzene rings is 2. The molecule has 2 atom stereocenters. The zero-order chi connectivity index (χ0) is 21.2. The molecule has 0 unspecified atom stereocenters. The molecule has 0 spiro atoms. The van der Waals surface area contributed by atoms with Gasteiger partial charge in [0.1, 0.15) is 5.76 Å². The van der Waals surface area contributed by atoms with Gasteiger partial charge in [0.15, 0.2) is 17.3 Å². The first-order valence-electron chi connectivity index (χ1n) is 10.3.